The van der Waals surface area contributed by atoms with E-state index in [9.17, 15) is 9.59 Å². The Hall–Kier alpha value is -2.28. The van der Waals surface area contributed by atoms with Crippen LogP contribution in [0.15, 0.2) is 41.0 Å². The summed E-state index contributed by atoms with van der Waals surface area (Å²) in [4.78, 5) is 27.5. The summed E-state index contributed by atoms with van der Waals surface area (Å²) < 4.78 is 5.43. The van der Waals surface area contributed by atoms with Crippen molar-refractivity contribution in [2.75, 3.05) is 5.75 Å². The van der Waals surface area contributed by atoms with Crippen LogP contribution in [0.4, 0.5) is 0 Å². The predicted octanol–water partition coefficient (Wildman–Crippen LogP) is 2.94. The second-order valence-electron chi connectivity index (χ2n) is 5.54. The van der Waals surface area contributed by atoms with Crippen LogP contribution < -0.4 is 5.32 Å². The maximum absolute atomic E-state index is 11.9. The molecule has 2 N–H and O–H groups in total. The molecule has 1 aromatic heterocycles. The van der Waals surface area contributed by atoms with Crippen molar-refractivity contribution in [3.8, 4) is 11.5 Å². The highest BCUT2D eigenvalue weighted by molar-refractivity contribution is 7.99. The lowest BCUT2D eigenvalue weighted by molar-refractivity contribution is -0.146. The third kappa shape index (κ3) is 4.61. The first-order valence-electron chi connectivity index (χ1n) is 7.56. The summed E-state index contributed by atoms with van der Waals surface area (Å²) in [5.74, 6) is -0.123. The van der Waals surface area contributed by atoms with Gasteiger partial charge in [-0.05, 0) is 25.5 Å². The number of carbonyl (C=O) groups excluding carboxylic acids is 1. The average Bonchev–Trinajstić information content (AvgIpc) is 3.04. The fraction of sp³-hybridized carbons (Fsp3) is 0.353. The monoisotopic (exact) mass is 348 g/mol. The fourth-order valence-electron chi connectivity index (χ4n) is 1.97. The number of oxazole rings is 1. The summed E-state index contributed by atoms with van der Waals surface area (Å²) >= 11 is 1.36. The minimum Gasteiger partial charge on any atom is -0.480 e. The number of nitrogens with zero attached hydrogens (tertiary/aromatic N) is 1. The lowest BCUT2D eigenvalue weighted by Gasteiger charge is -2.24. The molecule has 2 aromatic rings. The minimum absolute atomic E-state index is 0.163. The molecule has 1 unspecified atom stereocenters. The number of thioether (sulfide) groups is 1. The van der Waals surface area contributed by atoms with Crippen LogP contribution in [-0.4, -0.2) is 33.3 Å². The third-order valence-corrected chi connectivity index (χ3v) is 4.62. The topological polar surface area (TPSA) is 92.4 Å². The molecule has 0 fully saturated rings. The van der Waals surface area contributed by atoms with Crippen molar-refractivity contribution in [1.82, 2.24) is 10.3 Å². The number of amides is 1. The van der Waals surface area contributed by atoms with E-state index in [4.69, 9.17) is 9.52 Å². The highest BCUT2D eigenvalue weighted by atomic mass is 32.2. The van der Waals surface area contributed by atoms with E-state index in [2.05, 4.69) is 10.3 Å². The van der Waals surface area contributed by atoms with Crippen LogP contribution >= 0.6 is 11.8 Å². The Bertz CT molecular complexity index is 702. The highest BCUT2D eigenvalue weighted by Crippen LogP contribution is 2.20. The average molecular weight is 348 g/mol. The Labute approximate surface area is 144 Å². The van der Waals surface area contributed by atoms with E-state index in [0.29, 0.717) is 18.1 Å². The van der Waals surface area contributed by atoms with Gasteiger partial charge in [-0.3, -0.25) is 4.79 Å². The van der Waals surface area contributed by atoms with E-state index in [1.54, 1.807) is 13.2 Å². The SMILES string of the molecule is CCC(C)(NC(=O)CSCc1coc(-c2ccccc2)n1)C(=O)O. The molecule has 0 aliphatic carbocycles. The zero-order chi connectivity index (χ0) is 17.6. The van der Waals surface area contributed by atoms with Gasteiger partial charge in [-0.1, -0.05) is 25.1 Å². The molecule has 1 aromatic carbocycles. The molecular weight excluding hydrogens is 328 g/mol. The fourth-order valence-corrected chi connectivity index (χ4v) is 2.67. The van der Waals surface area contributed by atoms with Gasteiger partial charge in [0, 0.05) is 11.3 Å². The molecule has 2 rings (SSSR count). The maximum atomic E-state index is 11.9. The van der Waals surface area contributed by atoms with Crippen LogP contribution in [0.5, 0.6) is 0 Å². The predicted molar refractivity (Wildman–Crippen MR) is 92.6 cm³/mol. The summed E-state index contributed by atoms with van der Waals surface area (Å²) in [7, 11) is 0. The highest BCUT2D eigenvalue weighted by Gasteiger charge is 2.32. The number of nitrogens with one attached hydrogen (secondary N) is 1. The number of rotatable bonds is 8. The van der Waals surface area contributed by atoms with Gasteiger partial charge < -0.3 is 14.8 Å². The molecule has 7 heteroatoms. The first kappa shape index (κ1) is 18.1. The molecule has 24 heavy (non-hydrogen) atoms. The minimum atomic E-state index is -1.23. The number of hydrogen-bond acceptors (Lipinski definition) is 5. The molecular formula is C17H20N2O4S. The van der Waals surface area contributed by atoms with Gasteiger partial charge in [0.05, 0.1) is 11.4 Å². The van der Waals surface area contributed by atoms with E-state index < -0.39 is 11.5 Å². The Morgan fingerprint density at radius 2 is 2.04 bits per heavy atom. The van der Waals surface area contributed by atoms with Crippen LogP contribution in [0.2, 0.25) is 0 Å². The molecule has 0 bridgehead atoms. The van der Waals surface area contributed by atoms with Gasteiger partial charge in [0.1, 0.15) is 11.8 Å². The van der Waals surface area contributed by atoms with Gasteiger partial charge in [0.25, 0.3) is 0 Å². The van der Waals surface area contributed by atoms with Crippen molar-refractivity contribution in [2.24, 2.45) is 0 Å². The Morgan fingerprint density at radius 3 is 2.67 bits per heavy atom. The number of benzene rings is 1. The second kappa shape index (κ2) is 8.01. The van der Waals surface area contributed by atoms with Crippen LogP contribution in [-0.2, 0) is 15.3 Å². The number of carbonyl (C=O) groups is 2. The van der Waals surface area contributed by atoms with Gasteiger partial charge in [0.2, 0.25) is 11.8 Å². The van der Waals surface area contributed by atoms with E-state index in [-0.39, 0.29) is 11.7 Å². The summed E-state index contributed by atoms with van der Waals surface area (Å²) in [5, 5.41) is 11.7. The number of aliphatic carboxylic acids is 1. The molecule has 0 radical (unpaired) electrons. The molecule has 6 nitrogen and oxygen atoms in total. The van der Waals surface area contributed by atoms with Crippen molar-refractivity contribution >= 4 is 23.6 Å². The molecule has 1 amide bonds. The standard InChI is InChI=1S/C17H20N2O4S/c1-3-17(2,16(21)22)19-14(20)11-24-10-13-9-23-15(18-13)12-7-5-4-6-8-12/h4-9H,3,10-11H2,1-2H3,(H,19,20)(H,21,22). The number of aromatic nitrogens is 1. The number of carboxylic acid groups (broad SMARTS) is 1. The first-order valence-corrected chi connectivity index (χ1v) is 8.72. The van der Waals surface area contributed by atoms with Crippen molar-refractivity contribution in [3.63, 3.8) is 0 Å². The van der Waals surface area contributed by atoms with Gasteiger partial charge in [-0.25, -0.2) is 9.78 Å². The van der Waals surface area contributed by atoms with Crippen molar-refractivity contribution in [1.29, 1.82) is 0 Å². The molecule has 0 aliphatic rings. The van der Waals surface area contributed by atoms with Crippen LogP contribution in [0.1, 0.15) is 26.0 Å². The molecule has 1 atom stereocenters. The summed E-state index contributed by atoms with van der Waals surface area (Å²) in [6, 6.07) is 9.56. The normalized spacial score (nSPS) is 13.2. The Balaban J connectivity index is 1.83. The second-order valence-corrected chi connectivity index (χ2v) is 6.53. The molecule has 0 saturated carbocycles. The molecule has 0 aliphatic heterocycles. The first-order chi connectivity index (χ1) is 11.4. The lowest BCUT2D eigenvalue weighted by atomic mass is 9.99. The van der Waals surface area contributed by atoms with Gasteiger partial charge in [0.15, 0.2) is 0 Å². The van der Waals surface area contributed by atoms with Gasteiger partial charge >= 0.3 is 5.97 Å². The largest absolute Gasteiger partial charge is 0.480 e. The maximum Gasteiger partial charge on any atom is 0.329 e. The van der Waals surface area contributed by atoms with Crippen LogP contribution in [0.25, 0.3) is 11.5 Å². The number of hydrogen-bond donors (Lipinski definition) is 2. The number of carboxylic acids is 1. The molecule has 128 valence electrons. The van der Waals surface area contributed by atoms with Crippen molar-refractivity contribution in [3.05, 3.63) is 42.3 Å². The van der Waals surface area contributed by atoms with E-state index in [1.165, 1.54) is 18.7 Å². The van der Waals surface area contributed by atoms with Gasteiger partial charge in [-0.2, -0.15) is 0 Å². The zero-order valence-corrected chi connectivity index (χ0v) is 14.4. The smallest absolute Gasteiger partial charge is 0.329 e. The molecule has 1 heterocycles. The zero-order valence-electron chi connectivity index (χ0n) is 13.6. The van der Waals surface area contributed by atoms with E-state index in [0.717, 1.165) is 11.3 Å². The van der Waals surface area contributed by atoms with Crippen LogP contribution in [0.3, 0.4) is 0 Å². The quantitative estimate of drug-likeness (QED) is 0.762. The van der Waals surface area contributed by atoms with Crippen molar-refractivity contribution in [2.45, 2.75) is 31.6 Å². The summed E-state index contributed by atoms with van der Waals surface area (Å²) in [6.07, 6.45) is 1.89. The summed E-state index contributed by atoms with van der Waals surface area (Å²) in [5.41, 5.74) is 0.404. The lowest BCUT2D eigenvalue weighted by Crippen LogP contribution is -2.52. The van der Waals surface area contributed by atoms with E-state index in [1.807, 2.05) is 30.3 Å². The Morgan fingerprint density at radius 1 is 1.33 bits per heavy atom. The molecule has 0 saturated heterocycles. The van der Waals surface area contributed by atoms with E-state index >= 15 is 0 Å². The van der Waals surface area contributed by atoms with Gasteiger partial charge in [-0.15, -0.1) is 11.8 Å². The van der Waals surface area contributed by atoms with Crippen molar-refractivity contribution < 1.29 is 19.1 Å². The third-order valence-electron chi connectivity index (χ3n) is 3.65. The summed E-state index contributed by atoms with van der Waals surface area (Å²) in [6.45, 7) is 3.23. The Kier molecular flexibility index (Phi) is 6.03. The molecule has 0 spiro atoms. The van der Waals surface area contributed by atoms with Crippen LogP contribution in [0, 0.1) is 0 Å².